The van der Waals surface area contributed by atoms with Crippen molar-refractivity contribution in [3.63, 3.8) is 0 Å². The third-order valence-corrected chi connectivity index (χ3v) is 4.09. The van der Waals surface area contributed by atoms with Gasteiger partial charge in [-0.15, -0.1) is 0 Å². The Labute approximate surface area is 148 Å². The maximum Gasteiger partial charge on any atom is 0.325 e. The lowest BCUT2D eigenvalue weighted by Gasteiger charge is -2.16. The molecule has 0 saturated carbocycles. The molecule has 10 nitrogen and oxygen atoms in total. The molecule has 0 radical (unpaired) electrons. The molecule has 1 unspecified atom stereocenters. The second-order valence-corrected chi connectivity index (χ2v) is 6.00. The summed E-state index contributed by atoms with van der Waals surface area (Å²) in [7, 11) is 0. The minimum atomic E-state index is -0.517. The van der Waals surface area contributed by atoms with Gasteiger partial charge in [0.25, 0.3) is 11.1 Å². The van der Waals surface area contributed by atoms with Crippen molar-refractivity contribution in [2.24, 2.45) is 0 Å². The summed E-state index contributed by atoms with van der Waals surface area (Å²) >= 11 is 0. The molecule has 0 aliphatic rings. The van der Waals surface area contributed by atoms with Crippen LogP contribution in [0.1, 0.15) is 37.3 Å². The van der Waals surface area contributed by atoms with Gasteiger partial charge in [-0.1, -0.05) is 6.92 Å². The molecule has 2 heterocycles. The van der Waals surface area contributed by atoms with Gasteiger partial charge >= 0.3 is 11.4 Å². The minimum Gasteiger partial charge on any atom is -0.314 e. The Morgan fingerprint density at radius 1 is 0.923 bits per heavy atom. The summed E-state index contributed by atoms with van der Waals surface area (Å²) in [5.74, 6) is 0. The molecule has 0 saturated heterocycles. The molecule has 2 rings (SSSR count). The number of aromatic nitrogens is 4. The highest BCUT2D eigenvalue weighted by atomic mass is 16.2. The molecular weight excluding hydrogens is 340 g/mol. The molecule has 2 aromatic rings. The average Bonchev–Trinajstić information content (AvgIpc) is 2.60. The fourth-order valence-corrected chi connectivity index (χ4v) is 2.54. The van der Waals surface area contributed by atoms with Crippen LogP contribution in [0, 0.1) is 0 Å². The fraction of sp³-hybridized carbons (Fsp3) is 0.500. The summed E-state index contributed by atoms with van der Waals surface area (Å²) in [5, 5.41) is 6.47. The smallest absolute Gasteiger partial charge is 0.314 e. The SMILES string of the molecule is CCC(CCCNCc1c[nH]c(=O)[nH]c1=O)NCc1c[nH]c(=O)[nH]c1=O. The zero-order chi connectivity index (χ0) is 18.9. The average molecular weight is 364 g/mol. The maximum absolute atomic E-state index is 11.6. The molecule has 0 amide bonds. The number of hydrogen-bond acceptors (Lipinski definition) is 6. The molecule has 0 aromatic carbocycles. The van der Waals surface area contributed by atoms with Gasteiger partial charge in [-0.3, -0.25) is 19.6 Å². The van der Waals surface area contributed by atoms with Crippen LogP contribution in [0.2, 0.25) is 0 Å². The van der Waals surface area contributed by atoms with Gasteiger partial charge in [-0.25, -0.2) is 9.59 Å². The topological polar surface area (TPSA) is 155 Å². The Balaban J connectivity index is 1.71. The Morgan fingerprint density at radius 3 is 2.04 bits per heavy atom. The van der Waals surface area contributed by atoms with E-state index in [4.69, 9.17) is 0 Å². The molecular formula is C16H24N6O4. The summed E-state index contributed by atoms with van der Waals surface area (Å²) in [5.41, 5.74) is -0.843. The van der Waals surface area contributed by atoms with E-state index in [2.05, 4.69) is 37.5 Å². The van der Waals surface area contributed by atoms with Crippen LogP contribution < -0.4 is 33.1 Å². The summed E-state index contributed by atoms with van der Waals surface area (Å²) in [4.78, 5) is 54.4. The van der Waals surface area contributed by atoms with Crippen molar-refractivity contribution >= 4 is 0 Å². The zero-order valence-electron chi connectivity index (χ0n) is 14.6. The summed E-state index contributed by atoms with van der Waals surface area (Å²) in [6, 6.07) is 0.236. The van der Waals surface area contributed by atoms with E-state index in [-0.39, 0.29) is 17.2 Å². The first-order valence-corrected chi connectivity index (χ1v) is 8.55. The maximum atomic E-state index is 11.6. The van der Waals surface area contributed by atoms with Crippen molar-refractivity contribution < 1.29 is 0 Å². The molecule has 26 heavy (non-hydrogen) atoms. The lowest BCUT2D eigenvalue weighted by Crippen LogP contribution is -2.33. The van der Waals surface area contributed by atoms with Gasteiger partial charge in [-0.05, 0) is 25.8 Å². The van der Waals surface area contributed by atoms with Crippen LogP contribution in [0.25, 0.3) is 0 Å². The van der Waals surface area contributed by atoms with Crippen molar-refractivity contribution in [1.29, 1.82) is 0 Å². The normalized spacial score (nSPS) is 12.2. The molecule has 10 heteroatoms. The highest BCUT2D eigenvalue weighted by Crippen LogP contribution is 2.02. The van der Waals surface area contributed by atoms with E-state index in [1.807, 2.05) is 0 Å². The highest BCUT2D eigenvalue weighted by Gasteiger charge is 2.08. The van der Waals surface area contributed by atoms with Crippen LogP contribution in [0.15, 0.2) is 31.6 Å². The molecule has 0 fully saturated rings. The zero-order valence-corrected chi connectivity index (χ0v) is 14.6. The third-order valence-electron chi connectivity index (χ3n) is 4.09. The molecule has 0 spiro atoms. The predicted octanol–water partition coefficient (Wildman–Crippen LogP) is -1.12. The largest absolute Gasteiger partial charge is 0.325 e. The number of hydrogen-bond donors (Lipinski definition) is 6. The van der Waals surface area contributed by atoms with Crippen LogP contribution in [0.4, 0.5) is 0 Å². The Morgan fingerprint density at radius 2 is 1.50 bits per heavy atom. The molecule has 142 valence electrons. The van der Waals surface area contributed by atoms with E-state index in [1.165, 1.54) is 12.4 Å². The van der Waals surface area contributed by atoms with Gasteiger partial charge < -0.3 is 20.6 Å². The number of aromatic amines is 4. The van der Waals surface area contributed by atoms with E-state index < -0.39 is 11.4 Å². The predicted molar refractivity (Wildman–Crippen MR) is 97.2 cm³/mol. The van der Waals surface area contributed by atoms with Gasteiger partial charge in [0.15, 0.2) is 0 Å². The Bertz CT molecular complexity index is 925. The monoisotopic (exact) mass is 364 g/mol. The van der Waals surface area contributed by atoms with Crippen LogP contribution in [0.5, 0.6) is 0 Å². The molecule has 0 bridgehead atoms. The lowest BCUT2D eigenvalue weighted by atomic mass is 10.1. The molecule has 1 atom stereocenters. The van der Waals surface area contributed by atoms with Gasteiger partial charge in [0.1, 0.15) is 0 Å². The number of nitrogens with one attached hydrogen (secondary N) is 6. The second kappa shape index (κ2) is 9.68. The summed E-state index contributed by atoms with van der Waals surface area (Å²) < 4.78 is 0. The van der Waals surface area contributed by atoms with Gasteiger partial charge in [0, 0.05) is 42.7 Å². The minimum absolute atomic E-state index is 0.236. The van der Waals surface area contributed by atoms with Gasteiger partial charge in [0.2, 0.25) is 0 Å². The third kappa shape index (κ3) is 5.97. The highest BCUT2D eigenvalue weighted by molar-refractivity contribution is 5.03. The lowest BCUT2D eigenvalue weighted by molar-refractivity contribution is 0.445. The van der Waals surface area contributed by atoms with E-state index in [1.54, 1.807) is 0 Å². The van der Waals surface area contributed by atoms with E-state index in [9.17, 15) is 19.2 Å². The van der Waals surface area contributed by atoms with Crippen molar-refractivity contribution in [1.82, 2.24) is 30.6 Å². The Kier molecular flexibility index (Phi) is 7.30. The number of H-pyrrole nitrogens is 4. The van der Waals surface area contributed by atoms with Crippen LogP contribution in [-0.2, 0) is 13.1 Å². The van der Waals surface area contributed by atoms with E-state index >= 15 is 0 Å². The van der Waals surface area contributed by atoms with Crippen LogP contribution in [0.3, 0.4) is 0 Å². The fourth-order valence-electron chi connectivity index (χ4n) is 2.54. The van der Waals surface area contributed by atoms with E-state index in [0.29, 0.717) is 24.2 Å². The van der Waals surface area contributed by atoms with Crippen LogP contribution in [-0.4, -0.2) is 32.5 Å². The van der Waals surface area contributed by atoms with Crippen molar-refractivity contribution in [2.75, 3.05) is 6.54 Å². The summed E-state index contributed by atoms with van der Waals surface area (Å²) in [6.07, 6.45) is 5.51. The standard InChI is InChI=1S/C16H24N6O4/c1-2-12(18-7-11-9-20-16(26)22-14(11)24)4-3-5-17-6-10-8-19-15(25)21-13(10)23/h8-9,12,17-18H,2-7H2,1H3,(H2,19,21,23,25)(H2,20,22,24,26). The Hall–Kier alpha value is -2.72. The first kappa shape index (κ1) is 19.6. The van der Waals surface area contributed by atoms with Gasteiger partial charge in [0.05, 0.1) is 0 Å². The first-order chi connectivity index (χ1) is 12.5. The quantitative estimate of drug-likeness (QED) is 0.293. The molecule has 6 N–H and O–H groups in total. The summed E-state index contributed by atoms with van der Waals surface area (Å²) in [6.45, 7) is 3.53. The van der Waals surface area contributed by atoms with E-state index in [0.717, 1.165) is 25.8 Å². The van der Waals surface area contributed by atoms with Crippen molar-refractivity contribution in [2.45, 2.75) is 45.3 Å². The van der Waals surface area contributed by atoms with Gasteiger partial charge in [-0.2, -0.15) is 0 Å². The molecule has 2 aromatic heterocycles. The van der Waals surface area contributed by atoms with Crippen molar-refractivity contribution in [3.05, 3.63) is 65.2 Å². The van der Waals surface area contributed by atoms with Crippen LogP contribution >= 0.6 is 0 Å². The first-order valence-electron chi connectivity index (χ1n) is 8.55. The van der Waals surface area contributed by atoms with Crippen molar-refractivity contribution in [3.8, 4) is 0 Å². The molecule has 0 aliphatic carbocycles. The second-order valence-electron chi connectivity index (χ2n) is 6.00. The molecule has 0 aliphatic heterocycles. The number of rotatable bonds is 10.